The van der Waals surface area contributed by atoms with E-state index in [1.807, 2.05) is 0 Å². The van der Waals surface area contributed by atoms with Crippen molar-refractivity contribution in [3.8, 4) is 0 Å². The van der Waals surface area contributed by atoms with Crippen LogP contribution < -0.4 is 0 Å². The third-order valence-electron chi connectivity index (χ3n) is 2.70. The number of alkyl halides is 1. The Bertz CT molecular complexity index is 449. The molecule has 0 fully saturated rings. The van der Waals surface area contributed by atoms with Gasteiger partial charge >= 0.3 is 11.9 Å². The molecule has 0 heterocycles. The van der Waals surface area contributed by atoms with Crippen LogP contribution in [-0.4, -0.2) is 41.2 Å². The molecule has 0 saturated carbocycles. The average molecular weight is 359 g/mol. The number of esters is 2. The van der Waals surface area contributed by atoms with Crippen molar-refractivity contribution in [2.24, 2.45) is 0 Å². The second kappa shape index (κ2) is 9.52. The van der Waals surface area contributed by atoms with E-state index >= 15 is 0 Å². The number of hydrogen-bond acceptors (Lipinski definition) is 5. The summed E-state index contributed by atoms with van der Waals surface area (Å²) in [5, 5.41) is 10.0. The summed E-state index contributed by atoms with van der Waals surface area (Å²) in [7, 11) is 0. The van der Waals surface area contributed by atoms with Gasteiger partial charge in [-0.1, -0.05) is 34.1 Å². The largest absolute Gasteiger partial charge is 0.466 e. The van der Waals surface area contributed by atoms with Gasteiger partial charge in [-0.15, -0.1) is 0 Å². The molecule has 1 aromatic carbocycles. The third kappa shape index (κ3) is 6.73. The smallest absolute Gasteiger partial charge is 0.338 e. The Kier molecular flexibility index (Phi) is 8.00. The number of carbonyl (C=O) groups is 2. The fourth-order valence-electron chi connectivity index (χ4n) is 1.74. The molecular formula is C15H19BrO5. The summed E-state index contributed by atoms with van der Waals surface area (Å²) in [6, 6.07) is 8.51. The summed E-state index contributed by atoms with van der Waals surface area (Å²) in [5.74, 6) is -0.975. The van der Waals surface area contributed by atoms with E-state index < -0.39 is 24.1 Å². The van der Waals surface area contributed by atoms with Crippen LogP contribution in [0.15, 0.2) is 30.3 Å². The fourth-order valence-corrected chi connectivity index (χ4v) is 2.00. The monoisotopic (exact) mass is 358 g/mol. The molecule has 0 bridgehead atoms. The molecule has 1 rings (SSSR count). The van der Waals surface area contributed by atoms with Crippen molar-refractivity contribution in [2.75, 3.05) is 11.9 Å². The van der Waals surface area contributed by atoms with Gasteiger partial charge in [0, 0.05) is 11.8 Å². The number of halogens is 1. The average Bonchev–Trinajstić information content (AvgIpc) is 2.48. The second-order valence-electron chi connectivity index (χ2n) is 4.45. The Morgan fingerprint density at radius 2 is 1.95 bits per heavy atom. The summed E-state index contributed by atoms with van der Waals surface area (Å²) in [5.41, 5.74) is 0.402. The topological polar surface area (TPSA) is 72.8 Å². The number of rotatable bonds is 8. The standard InChI is InChI=1S/C15H19BrO5/c1-2-20-14(18)9-13(8-12(17)10-16)21-15(19)11-6-4-3-5-7-11/h3-7,12-13,17H,2,8-10H2,1H3/t12-,13+/m0/s1. The molecular weight excluding hydrogens is 340 g/mol. The van der Waals surface area contributed by atoms with Crippen molar-refractivity contribution >= 4 is 27.9 Å². The molecule has 0 aromatic heterocycles. The molecule has 1 aromatic rings. The van der Waals surface area contributed by atoms with Crippen LogP contribution >= 0.6 is 15.9 Å². The first kappa shape index (κ1) is 17.7. The highest BCUT2D eigenvalue weighted by Gasteiger charge is 2.23. The maximum Gasteiger partial charge on any atom is 0.338 e. The summed E-state index contributed by atoms with van der Waals surface area (Å²) in [6.45, 7) is 1.97. The van der Waals surface area contributed by atoms with Crippen molar-refractivity contribution < 1.29 is 24.2 Å². The van der Waals surface area contributed by atoms with Gasteiger partial charge in [-0.05, 0) is 19.1 Å². The third-order valence-corrected chi connectivity index (χ3v) is 3.44. The molecule has 21 heavy (non-hydrogen) atoms. The number of aliphatic hydroxyl groups is 1. The highest BCUT2D eigenvalue weighted by Crippen LogP contribution is 2.13. The Morgan fingerprint density at radius 3 is 2.52 bits per heavy atom. The van der Waals surface area contributed by atoms with Crippen LogP contribution in [0.1, 0.15) is 30.1 Å². The molecule has 0 radical (unpaired) electrons. The minimum absolute atomic E-state index is 0.0729. The normalized spacial score (nSPS) is 13.3. The Labute approximate surface area is 132 Å². The Hall–Kier alpha value is -1.40. The van der Waals surface area contributed by atoms with Gasteiger partial charge < -0.3 is 14.6 Å². The number of ether oxygens (including phenoxy) is 2. The van der Waals surface area contributed by atoms with Crippen LogP contribution in [0.2, 0.25) is 0 Å². The predicted octanol–water partition coefficient (Wildman–Crippen LogP) is 2.31. The SMILES string of the molecule is CCOC(=O)C[C@@H](C[C@H](O)CBr)OC(=O)c1ccccc1. The summed E-state index contributed by atoms with van der Waals surface area (Å²) in [4.78, 5) is 23.5. The zero-order valence-corrected chi connectivity index (χ0v) is 13.4. The first-order valence-electron chi connectivity index (χ1n) is 6.72. The van der Waals surface area contributed by atoms with Crippen LogP contribution in [0.25, 0.3) is 0 Å². The van der Waals surface area contributed by atoms with Gasteiger partial charge in [0.1, 0.15) is 6.10 Å². The number of benzene rings is 1. The van der Waals surface area contributed by atoms with E-state index in [4.69, 9.17) is 9.47 Å². The molecule has 6 heteroatoms. The molecule has 0 aliphatic carbocycles. The van der Waals surface area contributed by atoms with E-state index in [1.54, 1.807) is 37.3 Å². The van der Waals surface area contributed by atoms with E-state index in [1.165, 1.54) is 0 Å². The lowest BCUT2D eigenvalue weighted by Crippen LogP contribution is -2.28. The summed E-state index contributed by atoms with van der Waals surface area (Å²) in [6.07, 6.45) is -1.32. The van der Waals surface area contributed by atoms with Crippen molar-refractivity contribution in [3.05, 3.63) is 35.9 Å². The molecule has 5 nitrogen and oxygen atoms in total. The van der Waals surface area contributed by atoms with Gasteiger partial charge in [0.2, 0.25) is 0 Å². The van der Waals surface area contributed by atoms with Gasteiger partial charge in [-0.3, -0.25) is 4.79 Å². The summed E-state index contributed by atoms with van der Waals surface area (Å²) < 4.78 is 10.2. The van der Waals surface area contributed by atoms with Gasteiger partial charge in [-0.2, -0.15) is 0 Å². The van der Waals surface area contributed by atoms with Gasteiger partial charge in [0.25, 0.3) is 0 Å². The summed E-state index contributed by atoms with van der Waals surface area (Å²) >= 11 is 3.14. The Morgan fingerprint density at radius 1 is 1.29 bits per heavy atom. The number of carbonyl (C=O) groups excluding carboxylic acids is 2. The van der Waals surface area contributed by atoms with Gasteiger partial charge in [-0.25, -0.2) is 4.79 Å². The number of hydrogen-bond donors (Lipinski definition) is 1. The maximum absolute atomic E-state index is 12.0. The van der Waals surface area contributed by atoms with Crippen molar-refractivity contribution in [2.45, 2.75) is 32.0 Å². The zero-order valence-electron chi connectivity index (χ0n) is 11.8. The van der Waals surface area contributed by atoms with Crippen LogP contribution in [0.3, 0.4) is 0 Å². The van der Waals surface area contributed by atoms with Crippen molar-refractivity contribution in [3.63, 3.8) is 0 Å². The molecule has 1 N–H and O–H groups in total. The Balaban J connectivity index is 2.67. The van der Waals surface area contributed by atoms with Gasteiger partial charge in [0.15, 0.2) is 0 Å². The van der Waals surface area contributed by atoms with Crippen LogP contribution in [-0.2, 0) is 14.3 Å². The van der Waals surface area contributed by atoms with Crippen LogP contribution in [0.4, 0.5) is 0 Å². The lowest BCUT2D eigenvalue weighted by molar-refractivity contribution is -0.145. The maximum atomic E-state index is 12.0. The molecule has 0 aliphatic rings. The second-order valence-corrected chi connectivity index (χ2v) is 5.09. The van der Waals surface area contributed by atoms with E-state index in [9.17, 15) is 14.7 Å². The quantitative estimate of drug-likeness (QED) is 0.570. The predicted molar refractivity (Wildman–Crippen MR) is 81.3 cm³/mol. The minimum Gasteiger partial charge on any atom is -0.466 e. The molecule has 0 spiro atoms. The zero-order chi connectivity index (χ0) is 15.7. The molecule has 0 amide bonds. The van der Waals surface area contributed by atoms with Crippen LogP contribution in [0.5, 0.6) is 0 Å². The first-order chi connectivity index (χ1) is 10.1. The molecule has 2 atom stereocenters. The lowest BCUT2D eigenvalue weighted by Gasteiger charge is -2.19. The molecule has 0 saturated heterocycles. The molecule has 116 valence electrons. The first-order valence-corrected chi connectivity index (χ1v) is 7.84. The molecule has 0 unspecified atom stereocenters. The number of aliphatic hydroxyl groups excluding tert-OH is 1. The highest BCUT2D eigenvalue weighted by atomic mass is 79.9. The van der Waals surface area contributed by atoms with E-state index in [2.05, 4.69) is 15.9 Å². The fraction of sp³-hybridized carbons (Fsp3) is 0.467. The van der Waals surface area contributed by atoms with Crippen molar-refractivity contribution in [1.29, 1.82) is 0 Å². The van der Waals surface area contributed by atoms with E-state index in [-0.39, 0.29) is 19.4 Å². The van der Waals surface area contributed by atoms with Crippen LogP contribution in [0, 0.1) is 0 Å². The highest BCUT2D eigenvalue weighted by molar-refractivity contribution is 9.09. The minimum atomic E-state index is -0.718. The van der Waals surface area contributed by atoms with E-state index in [0.717, 1.165) is 0 Å². The van der Waals surface area contributed by atoms with Gasteiger partial charge in [0.05, 0.1) is 24.7 Å². The molecule has 0 aliphatic heterocycles. The van der Waals surface area contributed by atoms with E-state index in [0.29, 0.717) is 10.9 Å². The lowest BCUT2D eigenvalue weighted by atomic mass is 10.1. The van der Waals surface area contributed by atoms with Crippen molar-refractivity contribution in [1.82, 2.24) is 0 Å².